The Labute approximate surface area is 197 Å². The molecule has 1 aliphatic rings. The average molecular weight is 457 g/mol. The fourth-order valence-corrected chi connectivity index (χ4v) is 3.82. The van der Waals surface area contributed by atoms with Gasteiger partial charge in [0.05, 0.1) is 18.2 Å². The molecule has 34 heavy (non-hydrogen) atoms. The molecule has 2 aromatic carbocycles. The number of rotatable bonds is 7. The minimum absolute atomic E-state index is 0.114. The fourth-order valence-electron chi connectivity index (χ4n) is 3.82. The molecule has 4 rings (SSSR count). The lowest BCUT2D eigenvalue weighted by Gasteiger charge is -2.20. The van der Waals surface area contributed by atoms with E-state index in [4.69, 9.17) is 9.47 Å². The predicted molar refractivity (Wildman–Crippen MR) is 127 cm³/mol. The van der Waals surface area contributed by atoms with E-state index >= 15 is 0 Å². The second kappa shape index (κ2) is 10.0. The van der Waals surface area contributed by atoms with Gasteiger partial charge in [-0.15, -0.1) is 0 Å². The van der Waals surface area contributed by atoms with Gasteiger partial charge in [0, 0.05) is 24.8 Å². The number of carbonyl (C=O) groups excluding carboxylic acids is 2. The number of nitrogens with zero attached hydrogens (tertiary/aromatic N) is 3. The number of amides is 2. The van der Waals surface area contributed by atoms with Gasteiger partial charge in [0.1, 0.15) is 23.1 Å². The van der Waals surface area contributed by atoms with Crippen LogP contribution in [-0.4, -0.2) is 29.9 Å². The number of hydrogen-bond acceptors (Lipinski definition) is 6. The zero-order chi connectivity index (χ0) is 24.1. The molecule has 1 fully saturated rings. The molecule has 0 aliphatic carbocycles. The Morgan fingerprint density at radius 3 is 2.82 bits per heavy atom. The van der Waals surface area contributed by atoms with Gasteiger partial charge in [0.2, 0.25) is 17.7 Å². The summed E-state index contributed by atoms with van der Waals surface area (Å²) in [4.78, 5) is 31.3. The van der Waals surface area contributed by atoms with Crippen LogP contribution < -0.4 is 19.7 Å². The molecular formula is C26H24N4O4. The molecule has 1 aromatic heterocycles. The number of anilines is 2. The van der Waals surface area contributed by atoms with Crippen LogP contribution in [0.25, 0.3) is 0 Å². The van der Waals surface area contributed by atoms with Gasteiger partial charge >= 0.3 is 0 Å². The van der Waals surface area contributed by atoms with Gasteiger partial charge < -0.3 is 19.7 Å². The lowest BCUT2D eigenvalue weighted by atomic mass is 10.1. The maximum absolute atomic E-state index is 13.0. The lowest BCUT2D eigenvalue weighted by molar-refractivity contribution is -0.122. The maximum Gasteiger partial charge on any atom is 0.237 e. The van der Waals surface area contributed by atoms with Gasteiger partial charge in [0.15, 0.2) is 0 Å². The van der Waals surface area contributed by atoms with E-state index in [0.717, 1.165) is 5.56 Å². The third-order valence-corrected chi connectivity index (χ3v) is 5.51. The zero-order valence-electron chi connectivity index (χ0n) is 18.9. The molecule has 0 saturated carbocycles. The highest BCUT2D eigenvalue weighted by molar-refractivity contribution is 6.04. The number of pyridine rings is 1. The highest BCUT2D eigenvalue weighted by atomic mass is 16.5. The van der Waals surface area contributed by atoms with Gasteiger partial charge in [0.25, 0.3) is 0 Å². The third kappa shape index (κ3) is 4.84. The quantitative estimate of drug-likeness (QED) is 0.563. The van der Waals surface area contributed by atoms with Crippen LogP contribution in [0.1, 0.15) is 24.5 Å². The van der Waals surface area contributed by atoms with E-state index in [2.05, 4.69) is 10.3 Å². The first-order chi connectivity index (χ1) is 16.5. The Morgan fingerprint density at radius 1 is 1.24 bits per heavy atom. The van der Waals surface area contributed by atoms with Crippen LogP contribution in [0.2, 0.25) is 0 Å². The van der Waals surface area contributed by atoms with Crippen molar-refractivity contribution in [3.05, 3.63) is 71.9 Å². The summed E-state index contributed by atoms with van der Waals surface area (Å²) >= 11 is 0. The van der Waals surface area contributed by atoms with Crippen molar-refractivity contribution in [2.45, 2.75) is 20.3 Å². The van der Waals surface area contributed by atoms with Crippen LogP contribution in [0.15, 0.2) is 60.8 Å². The Bertz CT molecular complexity index is 1270. The summed E-state index contributed by atoms with van der Waals surface area (Å²) in [5, 5.41) is 12.1. The number of carbonyl (C=O) groups is 2. The first-order valence-electron chi connectivity index (χ1n) is 11.0. The number of hydrogen-bond donors (Lipinski definition) is 1. The average Bonchev–Trinajstić information content (AvgIpc) is 3.23. The zero-order valence-corrected chi connectivity index (χ0v) is 18.9. The molecule has 2 amide bonds. The Morgan fingerprint density at radius 2 is 2.06 bits per heavy atom. The molecular weight excluding hydrogens is 432 g/mol. The minimum atomic E-state index is -0.482. The van der Waals surface area contributed by atoms with E-state index in [1.54, 1.807) is 41.4 Å². The second-order valence-corrected chi connectivity index (χ2v) is 7.84. The van der Waals surface area contributed by atoms with E-state index in [1.807, 2.05) is 44.2 Å². The van der Waals surface area contributed by atoms with Crippen LogP contribution in [0.4, 0.5) is 11.4 Å². The number of para-hydroxylation sites is 2. The van der Waals surface area contributed by atoms with Crippen LogP contribution in [0, 0.1) is 24.2 Å². The molecule has 1 unspecified atom stereocenters. The molecule has 0 radical (unpaired) electrons. The third-order valence-electron chi connectivity index (χ3n) is 5.51. The largest absolute Gasteiger partial charge is 0.492 e. The van der Waals surface area contributed by atoms with E-state index in [9.17, 15) is 14.9 Å². The van der Waals surface area contributed by atoms with Crippen LogP contribution in [0.3, 0.4) is 0 Å². The molecule has 0 bridgehead atoms. The SMILES string of the molecule is CCOc1ccccc1N1CC(C(=O)Nc2ccc(Oc3ncccc3C#N)cc2C)CC1=O. The van der Waals surface area contributed by atoms with Crippen molar-refractivity contribution in [2.75, 3.05) is 23.4 Å². The molecule has 0 spiro atoms. The highest BCUT2D eigenvalue weighted by Gasteiger charge is 2.36. The van der Waals surface area contributed by atoms with Gasteiger partial charge in [-0.2, -0.15) is 5.26 Å². The van der Waals surface area contributed by atoms with Crippen molar-refractivity contribution in [3.63, 3.8) is 0 Å². The normalized spacial score (nSPS) is 15.0. The summed E-state index contributed by atoms with van der Waals surface area (Å²) in [6.45, 7) is 4.50. The van der Waals surface area contributed by atoms with Crippen LogP contribution in [-0.2, 0) is 9.59 Å². The summed E-state index contributed by atoms with van der Waals surface area (Å²) in [6.07, 6.45) is 1.68. The lowest BCUT2D eigenvalue weighted by Crippen LogP contribution is -2.28. The van der Waals surface area contributed by atoms with Crippen molar-refractivity contribution < 1.29 is 19.1 Å². The molecule has 1 N–H and O–H groups in total. The van der Waals surface area contributed by atoms with Crippen LogP contribution >= 0.6 is 0 Å². The molecule has 1 atom stereocenters. The predicted octanol–water partition coefficient (Wildman–Crippen LogP) is 4.44. The summed E-state index contributed by atoms with van der Waals surface area (Å²) < 4.78 is 11.4. The molecule has 8 heteroatoms. The van der Waals surface area contributed by atoms with Crippen molar-refractivity contribution in [2.24, 2.45) is 5.92 Å². The van der Waals surface area contributed by atoms with E-state index in [1.165, 1.54) is 0 Å². The van der Waals surface area contributed by atoms with Crippen molar-refractivity contribution in [3.8, 4) is 23.4 Å². The minimum Gasteiger partial charge on any atom is -0.492 e. The second-order valence-electron chi connectivity index (χ2n) is 7.84. The van der Waals surface area contributed by atoms with Gasteiger partial charge in [-0.3, -0.25) is 9.59 Å². The first kappa shape index (κ1) is 22.8. The number of ether oxygens (including phenoxy) is 2. The molecule has 2 heterocycles. The van der Waals surface area contributed by atoms with Gasteiger partial charge in [-0.05, 0) is 61.9 Å². The van der Waals surface area contributed by atoms with E-state index in [0.29, 0.717) is 35.0 Å². The first-order valence-corrected chi connectivity index (χ1v) is 11.0. The Kier molecular flexibility index (Phi) is 6.74. The Hall–Kier alpha value is -4.38. The standard InChI is InChI=1S/C26H24N4O4/c1-3-33-23-9-5-4-8-22(23)30-16-19(14-24(30)31)25(32)29-21-11-10-20(13-17(21)2)34-26-18(15-27)7-6-12-28-26/h4-13,19H,3,14,16H2,1-2H3,(H,29,32). The van der Waals surface area contributed by atoms with E-state index in [-0.39, 0.29) is 30.7 Å². The smallest absolute Gasteiger partial charge is 0.237 e. The van der Waals surface area contributed by atoms with Gasteiger partial charge in [-0.1, -0.05) is 12.1 Å². The number of aromatic nitrogens is 1. The number of nitriles is 1. The maximum atomic E-state index is 13.0. The van der Waals surface area contributed by atoms with Crippen molar-refractivity contribution in [1.82, 2.24) is 4.98 Å². The number of aryl methyl sites for hydroxylation is 1. The molecule has 8 nitrogen and oxygen atoms in total. The Balaban J connectivity index is 1.44. The monoisotopic (exact) mass is 456 g/mol. The molecule has 1 aliphatic heterocycles. The van der Waals surface area contributed by atoms with Crippen molar-refractivity contribution >= 4 is 23.2 Å². The van der Waals surface area contributed by atoms with Crippen LogP contribution in [0.5, 0.6) is 17.4 Å². The topological polar surface area (TPSA) is 105 Å². The van der Waals surface area contributed by atoms with Crippen molar-refractivity contribution in [1.29, 1.82) is 5.26 Å². The molecule has 3 aromatic rings. The fraction of sp³-hybridized carbons (Fsp3) is 0.231. The summed E-state index contributed by atoms with van der Waals surface area (Å²) in [6, 6.07) is 17.9. The summed E-state index contributed by atoms with van der Waals surface area (Å²) in [7, 11) is 0. The molecule has 1 saturated heterocycles. The van der Waals surface area contributed by atoms with E-state index < -0.39 is 5.92 Å². The summed E-state index contributed by atoms with van der Waals surface area (Å²) in [5.41, 5.74) is 2.41. The molecule has 172 valence electrons. The summed E-state index contributed by atoms with van der Waals surface area (Å²) in [5.74, 6) is 0.524. The highest BCUT2D eigenvalue weighted by Crippen LogP contribution is 2.34. The van der Waals surface area contributed by atoms with Gasteiger partial charge in [-0.25, -0.2) is 4.98 Å². The number of nitrogens with one attached hydrogen (secondary N) is 1. The number of benzene rings is 2.